The average molecular weight is 285 g/mol. The van der Waals surface area contributed by atoms with Crippen LogP contribution in [0.1, 0.15) is 26.3 Å². The Morgan fingerprint density at radius 1 is 1.42 bits per heavy atom. The Labute approximate surface area is 119 Å². The van der Waals surface area contributed by atoms with Gasteiger partial charge in [0, 0.05) is 32.2 Å². The minimum atomic E-state index is -0.349. The maximum Gasteiger partial charge on any atom is 0.141 e. The molecule has 0 radical (unpaired) electrons. The molecule has 0 saturated carbocycles. The first-order valence-corrected chi connectivity index (χ1v) is 7.14. The number of piperazine rings is 1. The van der Waals surface area contributed by atoms with Gasteiger partial charge in [-0.3, -0.25) is 4.90 Å². The second kappa shape index (κ2) is 5.78. The Kier molecular flexibility index (Phi) is 4.49. The molecule has 1 atom stereocenters. The summed E-state index contributed by atoms with van der Waals surface area (Å²) in [7, 11) is 0. The first kappa shape index (κ1) is 14.8. The molecule has 1 N–H and O–H groups in total. The lowest BCUT2D eigenvalue weighted by atomic mass is 9.85. The van der Waals surface area contributed by atoms with Crippen molar-refractivity contribution in [2.75, 3.05) is 19.6 Å². The molecule has 2 rings (SSSR count). The Hall–Kier alpha value is -0.640. The third-order valence-corrected chi connectivity index (χ3v) is 3.98. The predicted molar refractivity (Wildman–Crippen MR) is 77.9 cm³/mol. The number of halogens is 2. The van der Waals surface area contributed by atoms with Crippen LogP contribution in [-0.4, -0.2) is 30.6 Å². The first-order valence-electron chi connectivity index (χ1n) is 6.76. The van der Waals surface area contributed by atoms with Crippen LogP contribution >= 0.6 is 11.6 Å². The molecule has 0 bridgehead atoms. The number of nitrogens with zero attached hydrogens (tertiary/aromatic N) is 1. The summed E-state index contributed by atoms with van der Waals surface area (Å²) < 4.78 is 13.1. The Morgan fingerprint density at radius 2 is 2.16 bits per heavy atom. The number of benzene rings is 1. The van der Waals surface area contributed by atoms with Crippen molar-refractivity contribution in [3.8, 4) is 0 Å². The van der Waals surface area contributed by atoms with Gasteiger partial charge in [-0.15, -0.1) is 0 Å². The number of nitrogens with one attached hydrogen (secondary N) is 1. The van der Waals surface area contributed by atoms with Crippen LogP contribution in [-0.2, 0) is 6.54 Å². The van der Waals surface area contributed by atoms with Crippen LogP contribution in [0, 0.1) is 11.2 Å². The van der Waals surface area contributed by atoms with E-state index in [2.05, 4.69) is 31.0 Å². The molecule has 1 unspecified atom stereocenters. The van der Waals surface area contributed by atoms with Gasteiger partial charge in [0.05, 0.1) is 5.02 Å². The van der Waals surface area contributed by atoms with Gasteiger partial charge in [-0.05, 0) is 23.1 Å². The van der Waals surface area contributed by atoms with Crippen LogP contribution in [0.2, 0.25) is 5.02 Å². The lowest BCUT2D eigenvalue weighted by molar-refractivity contribution is 0.129. The van der Waals surface area contributed by atoms with Gasteiger partial charge in [-0.1, -0.05) is 38.4 Å². The highest BCUT2D eigenvalue weighted by atomic mass is 35.5. The average Bonchev–Trinajstić information content (AvgIpc) is 2.33. The van der Waals surface area contributed by atoms with Crippen molar-refractivity contribution in [1.29, 1.82) is 0 Å². The SMILES string of the molecule is CC(C)(C)C1CN(Cc2ccc(F)c(Cl)c2)CCN1. The van der Waals surface area contributed by atoms with E-state index in [1.165, 1.54) is 6.07 Å². The van der Waals surface area contributed by atoms with Crippen molar-refractivity contribution in [2.24, 2.45) is 5.41 Å². The molecule has 1 heterocycles. The lowest BCUT2D eigenvalue weighted by Gasteiger charge is -2.40. The smallest absolute Gasteiger partial charge is 0.141 e. The second-order valence-corrected chi connectivity index (χ2v) is 6.76. The van der Waals surface area contributed by atoms with Crippen LogP contribution in [0.25, 0.3) is 0 Å². The van der Waals surface area contributed by atoms with Gasteiger partial charge in [-0.25, -0.2) is 4.39 Å². The maximum absolute atomic E-state index is 13.1. The molecular weight excluding hydrogens is 263 g/mol. The zero-order valence-corrected chi connectivity index (χ0v) is 12.6. The van der Waals surface area contributed by atoms with Crippen molar-refractivity contribution >= 4 is 11.6 Å². The van der Waals surface area contributed by atoms with E-state index in [-0.39, 0.29) is 16.3 Å². The number of hydrogen-bond acceptors (Lipinski definition) is 2. The standard InChI is InChI=1S/C15H22ClFN2/c1-15(2,3)14-10-19(7-6-18-14)9-11-4-5-13(17)12(16)8-11/h4-5,8,14,18H,6-7,9-10H2,1-3H3. The quantitative estimate of drug-likeness (QED) is 0.896. The minimum absolute atomic E-state index is 0.208. The summed E-state index contributed by atoms with van der Waals surface area (Å²) in [5, 5.41) is 3.78. The van der Waals surface area contributed by atoms with Crippen LogP contribution in [0.3, 0.4) is 0 Å². The van der Waals surface area contributed by atoms with Crippen molar-refractivity contribution < 1.29 is 4.39 Å². The van der Waals surface area contributed by atoms with E-state index in [1.807, 2.05) is 6.07 Å². The van der Waals surface area contributed by atoms with E-state index in [4.69, 9.17) is 11.6 Å². The molecule has 1 aromatic carbocycles. The predicted octanol–water partition coefficient (Wildman–Crippen LogP) is 3.30. The lowest BCUT2D eigenvalue weighted by Crippen LogP contribution is -2.55. The number of rotatable bonds is 2. The molecule has 106 valence electrons. The minimum Gasteiger partial charge on any atom is -0.311 e. The molecule has 19 heavy (non-hydrogen) atoms. The van der Waals surface area contributed by atoms with Crippen LogP contribution in [0.5, 0.6) is 0 Å². The molecule has 1 saturated heterocycles. The summed E-state index contributed by atoms with van der Waals surface area (Å²) in [5.74, 6) is -0.349. The molecule has 0 spiro atoms. The number of hydrogen-bond donors (Lipinski definition) is 1. The third kappa shape index (κ3) is 3.91. The van der Waals surface area contributed by atoms with E-state index in [0.29, 0.717) is 6.04 Å². The van der Waals surface area contributed by atoms with Gasteiger partial charge in [0.1, 0.15) is 5.82 Å². The van der Waals surface area contributed by atoms with E-state index >= 15 is 0 Å². The zero-order chi connectivity index (χ0) is 14.0. The summed E-state index contributed by atoms with van der Waals surface area (Å²) in [5.41, 5.74) is 1.32. The van der Waals surface area contributed by atoms with Crippen LogP contribution in [0.4, 0.5) is 4.39 Å². The Bertz CT molecular complexity index is 442. The van der Waals surface area contributed by atoms with E-state index in [0.717, 1.165) is 31.7 Å². The van der Waals surface area contributed by atoms with Crippen molar-refractivity contribution in [3.05, 3.63) is 34.6 Å². The molecule has 4 heteroatoms. The molecule has 0 amide bonds. The monoisotopic (exact) mass is 284 g/mol. The highest BCUT2D eigenvalue weighted by Crippen LogP contribution is 2.23. The first-order chi connectivity index (χ1) is 8.86. The van der Waals surface area contributed by atoms with Crippen molar-refractivity contribution in [1.82, 2.24) is 10.2 Å². The van der Waals surface area contributed by atoms with Gasteiger partial charge in [0.2, 0.25) is 0 Å². The topological polar surface area (TPSA) is 15.3 Å². The van der Waals surface area contributed by atoms with Crippen LogP contribution in [0.15, 0.2) is 18.2 Å². The molecule has 1 fully saturated rings. The largest absolute Gasteiger partial charge is 0.311 e. The second-order valence-electron chi connectivity index (χ2n) is 6.36. The van der Waals surface area contributed by atoms with E-state index in [9.17, 15) is 4.39 Å². The molecular formula is C15H22ClFN2. The van der Waals surface area contributed by atoms with Gasteiger partial charge < -0.3 is 5.32 Å². The van der Waals surface area contributed by atoms with E-state index < -0.39 is 0 Å². The highest BCUT2D eigenvalue weighted by Gasteiger charge is 2.29. The van der Waals surface area contributed by atoms with Crippen molar-refractivity contribution in [3.63, 3.8) is 0 Å². The van der Waals surface area contributed by atoms with Crippen molar-refractivity contribution in [2.45, 2.75) is 33.4 Å². The summed E-state index contributed by atoms with van der Waals surface area (Å²) in [6.07, 6.45) is 0. The molecule has 0 aliphatic carbocycles. The fraction of sp³-hybridized carbons (Fsp3) is 0.600. The molecule has 1 aliphatic heterocycles. The summed E-state index contributed by atoms with van der Waals surface area (Å²) >= 11 is 5.83. The van der Waals surface area contributed by atoms with Crippen LogP contribution < -0.4 is 5.32 Å². The molecule has 0 aromatic heterocycles. The van der Waals surface area contributed by atoms with Gasteiger partial charge in [0.25, 0.3) is 0 Å². The Balaban J connectivity index is 2.00. The van der Waals surface area contributed by atoms with E-state index in [1.54, 1.807) is 6.07 Å². The fourth-order valence-electron chi connectivity index (χ4n) is 2.43. The molecule has 1 aromatic rings. The summed E-state index contributed by atoms with van der Waals surface area (Å²) in [4.78, 5) is 2.40. The third-order valence-electron chi connectivity index (χ3n) is 3.70. The summed E-state index contributed by atoms with van der Waals surface area (Å²) in [6.45, 7) is 10.6. The zero-order valence-electron chi connectivity index (χ0n) is 11.8. The summed E-state index contributed by atoms with van der Waals surface area (Å²) in [6, 6.07) is 5.47. The molecule has 1 aliphatic rings. The fourth-order valence-corrected chi connectivity index (χ4v) is 2.63. The van der Waals surface area contributed by atoms with Gasteiger partial charge >= 0.3 is 0 Å². The van der Waals surface area contributed by atoms with Gasteiger partial charge in [0.15, 0.2) is 0 Å². The highest BCUT2D eigenvalue weighted by molar-refractivity contribution is 6.30. The Morgan fingerprint density at radius 3 is 2.79 bits per heavy atom. The van der Waals surface area contributed by atoms with Gasteiger partial charge in [-0.2, -0.15) is 0 Å². The maximum atomic E-state index is 13.1. The molecule has 2 nitrogen and oxygen atoms in total. The normalized spacial score (nSPS) is 21.6.